The Morgan fingerprint density at radius 1 is 1.50 bits per heavy atom. The van der Waals surface area contributed by atoms with E-state index in [4.69, 9.17) is 4.74 Å². The molecule has 0 fully saturated rings. The van der Waals surface area contributed by atoms with Gasteiger partial charge >= 0.3 is 0 Å². The van der Waals surface area contributed by atoms with E-state index in [0.29, 0.717) is 6.61 Å². The molecule has 4 heteroatoms. The van der Waals surface area contributed by atoms with Gasteiger partial charge in [-0.15, -0.1) is 0 Å². The zero-order valence-electron chi connectivity index (χ0n) is 8.42. The van der Waals surface area contributed by atoms with Crippen LogP contribution in [-0.2, 0) is 24.4 Å². The molecule has 0 saturated heterocycles. The highest BCUT2D eigenvalue weighted by molar-refractivity contribution is 5.21. The largest absolute Gasteiger partial charge is 0.373 e. The summed E-state index contributed by atoms with van der Waals surface area (Å²) >= 11 is 0. The summed E-state index contributed by atoms with van der Waals surface area (Å²) in [4.78, 5) is 8.67. The minimum absolute atomic E-state index is 0.529. The predicted octanol–water partition coefficient (Wildman–Crippen LogP) is 1.01. The van der Waals surface area contributed by atoms with E-state index >= 15 is 0 Å². The van der Waals surface area contributed by atoms with Gasteiger partial charge in [-0.3, -0.25) is 0 Å². The van der Waals surface area contributed by atoms with Crippen LogP contribution in [0, 0.1) is 0 Å². The van der Waals surface area contributed by atoms with Gasteiger partial charge < -0.3 is 10.1 Å². The fourth-order valence-corrected chi connectivity index (χ4v) is 1.48. The lowest BCUT2D eigenvalue weighted by Crippen LogP contribution is -2.03. The summed E-state index contributed by atoms with van der Waals surface area (Å²) in [7, 11) is 0. The van der Waals surface area contributed by atoms with Crippen LogP contribution in [0.5, 0.6) is 0 Å². The molecule has 0 amide bonds. The van der Waals surface area contributed by atoms with Gasteiger partial charge in [0.15, 0.2) is 5.82 Å². The second-order valence-electron chi connectivity index (χ2n) is 3.41. The summed E-state index contributed by atoms with van der Waals surface area (Å²) in [6, 6.07) is 0. The van der Waals surface area contributed by atoms with Gasteiger partial charge in [0.2, 0.25) is 0 Å². The minimum atomic E-state index is 0.529. The molecule has 0 bridgehead atoms. The second-order valence-corrected chi connectivity index (χ2v) is 3.41. The van der Waals surface area contributed by atoms with Crippen LogP contribution in [0.1, 0.15) is 30.4 Å². The topological polar surface area (TPSA) is 47.0 Å². The first-order chi connectivity index (χ1) is 6.90. The van der Waals surface area contributed by atoms with E-state index in [1.807, 2.05) is 6.20 Å². The van der Waals surface area contributed by atoms with Crippen LogP contribution in [0.4, 0.5) is 0 Å². The smallest absolute Gasteiger partial charge is 0.154 e. The molecular formula is C10H15N3O. The summed E-state index contributed by atoms with van der Waals surface area (Å²) in [5, 5.41) is 3.24. The molecule has 4 nitrogen and oxygen atoms in total. The zero-order valence-corrected chi connectivity index (χ0v) is 8.42. The van der Waals surface area contributed by atoms with Crippen LogP contribution >= 0.6 is 0 Å². The van der Waals surface area contributed by atoms with Crippen molar-refractivity contribution >= 4 is 0 Å². The van der Waals surface area contributed by atoms with E-state index in [1.54, 1.807) is 0 Å². The lowest BCUT2D eigenvalue weighted by molar-refractivity contribution is 0.116. The van der Waals surface area contributed by atoms with Gasteiger partial charge in [0.25, 0.3) is 0 Å². The molecule has 1 aliphatic heterocycles. The van der Waals surface area contributed by atoms with Crippen LogP contribution in [0.25, 0.3) is 0 Å². The van der Waals surface area contributed by atoms with E-state index in [9.17, 15) is 0 Å². The van der Waals surface area contributed by atoms with Gasteiger partial charge in [0.1, 0.15) is 6.61 Å². The van der Waals surface area contributed by atoms with Gasteiger partial charge in [-0.1, -0.05) is 6.92 Å². The molecule has 0 spiro atoms. The van der Waals surface area contributed by atoms with Crippen molar-refractivity contribution in [3.8, 4) is 0 Å². The number of ether oxygens (including phenoxy) is 1. The maximum Gasteiger partial charge on any atom is 0.154 e. The van der Waals surface area contributed by atoms with E-state index in [1.165, 1.54) is 5.56 Å². The second kappa shape index (κ2) is 4.48. The summed E-state index contributed by atoms with van der Waals surface area (Å²) in [6.45, 7) is 5.15. The van der Waals surface area contributed by atoms with Crippen molar-refractivity contribution in [2.75, 3.05) is 6.61 Å². The maximum absolute atomic E-state index is 5.38. The third-order valence-electron chi connectivity index (χ3n) is 2.19. The third-order valence-corrected chi connectivity index (χ3v) is 2.19. The molecule has 0 atom stereocenters. The number of rotatable bonds is 4. The molecule has 0 unspecified atom stereocenters. The van der Waals surface area contributed by atoms with Crippen LogP contribution in [0.15, 0.2) is 6.20 Å². The van der Waals surface area contributed by atoms with Gasteiger partial charge in [-0.25, -0.2) is 9.97 Å². The Bertz CT molecular complexity index is 314. The lowest BCUT2D eigenvalue weighted by Gasteiger charge is -2.02. The zero-order chi connectivity index (χ0) is 9.80. The average Bonchev–Trinajstić information content (AvgIpc) is 2.65. The van der Waals surface area contributed by atoms with Crippen molar-refractivity contribution in [2.45, 2.75) is 33.0 Å². The molecule has 0 aliphatic carbocycles. The van der Waals surface area contributed by atoms with E-state index in [0.717, 1.165) is 37.6 Å². The number of fused-ring (bicyclic) bond motifs is 1. The SMILES string of the molecule is CCCOCc1ncc2c(n1)CNC2. The van der Waals surface area contributed by atoms with Crippen LogP contribution in [0.2, 0.25) is 0 Å². The minimum Gasteiger partial charge on any atom is -0.373 e. The molecule has 0 aromatic carbocycles. The van der Waals surface area contributed by atoms with E-state index < -0.39 is 0 Å². The van der Waals surface area contributed by atoms with Crippen molar-refractivity contribution in [1.29, 1.82) is 0 Å². The number of nitrogens with one attached hydrogen (secondary N) is 1. The monoisotopic (exact) mass is 193 g/mol. The third kappa shape index (κ3) is 2.08. The van der Waals surface area contributed by atoms with Crippen LogP contribution < -0.4 is 5.32 Å². The molecule has 76 valence electrons. The Morgan fingerprint density at radius 3 is 3.29 bits per heavy atom. The summed E-state index contributed by atoms with van der Waals surface area (Å²) in [6.07, 6.45) is 2.93. The number of aromatic nitrogens is 2. The predicted molar refractivity (Wildman–Crippen MR) is 52.5 cm³/mol. The number of hydrogen-bond acceptors (Lipinski definition) is 4. The van der Waals surface area contributed by atoms with Crippen molar-refractivity contribution < 1.29 is 4.74 Å². The summed E-state index contributed by atoms with van der Waals surface area (Å²) in [5.41, 5.74) is 2.33. The molecule has 0 saturated carbocycles. The fourth-order valence-electron chi connectivity index (χ4n) is 1.48. The first-order valence-electron chi connectivity index (χ1n) is 5.02. The van der Waals surface area contributed by atoms with Gasteiger partial charge in [0.05, 0.1) is 5.69 Å². The molecule has 1 aromatic heterocycles. The van der Waals surface area contributed by atoms with Gasteiger partial charge in [-0.2, -0.15) is 0 Å². The Hall–Kier alpha value is -1.00. The first-order valence-corrected chi connectivity index (χ1v) is 5.02. The van der Waals surface area contributed by atoms with Gasteiger partial charge in [0, 0.05) is 31.5 Å². The Morgan fingerprint density at radius 2 is 2.43 bits per heavy atom. The number of nitrogens with zero attached hydrogens (tertiary/aromatic N) is 2. The lowest BCUT2D eigenvalue weighted by atomic mass is 10.3. The fraction of sp³-hybridized carbons (Fsp3) is 0.600. The highest BCUT2D eigenvalue weighted by Gasteiger charge is 2.12. The Balaban J connectivity index is 1.98. The van der Waals surface area contributed by atoms with Crippen LogP contribution in [-0.4, -0.2) is 16.6 Å². The van der Waals surface area contributed by atoms with E-state index in [-0.39, 0.29) is 0 Å². The quantitative estimate of drug-likeness (QED) is 0.725. The molecule has 1 N–H and O–H groups in total. The Labute approximate surface area is 83.7 Å². The van der Waals surface area contributed by atoms with Crippen molar-refractivity contribution in [1.82, 2.24) is 15.3 Å². The normalized spacial score (nSPS) is 14.4. The standard InChI is InChI=1S/C10H15N3O/c1-2-3-14-7-10-12-5-8-4-11-6-9(8)13-10/h5,11H,2-4,6-7H2,1H3. The highest BCUT2D eigenvalue weighted by atomic mass is 16.5. The van der Waals surface area contributed by atoms with E-state index in [2.05, 4.69) is 22.2 Å². The molecule has 0 radical (unpaired) electrons. The van der Waals surface area contributed by atoms with Crippen molar-refractivity contribution in [2.24, 2.45) is 0 Å². The van der Waals surface area contributed by atoms with Gasteiger partial charge in [-0.05, 0) is 6.42 Å². The summed E-state index contributed by atoms with van der Waals surface area (Å²) in [5.74, 6) is 0.793. The summed E-state index contributed by atoms with van der Waals surface area (Å²) < 4.78 is 5.38. The molecule has 14 heavy (non-hydrogen) atoms. The van der Waals surface area contributed by atoms with Crippen molar-refractivity contribution in [3.63, 3.8) is 0 Å². The molecule has 1 aliphatic rings. The van der Waals surface area contributed by atoms with Crippen molar-refractivity contribution in [3.05, 3.63) is 23.3 Å². The first kappa shape index (κ1) is 9.55. The number of hydrogen-bond donors (Lipinski definition) is 1. The molecule has 1 aromatic rings. The molecule has 2 rings (SSSR count). The molecular weight excluding hydrogens is 178 g/mol. The van der Waals surface area contributed by atoms with Crippen LogP contribution in [0.3, 0.4) is 0 Å². The highest BCUT2D eigenvalue weighted by Crippen LogP contribution is 2.11. The molecule has 2 heterocycles. The maximum atomic E-state index is 5.38. The average molecular weight is 193 g/mol. The Kier molecular flexibility index (Phi) is 3.06.